The summed E-state index contributed by atoms with van der Waals surface area (Å²) in [6.07, 6.45) is 0.879. The van der Waals surface area contributed by atoms with E-state index in [4.69, 9.17) is 9.72 Å². The topological polar surface area (TPSA) is 79.7 Å². The molecule has 1 aliphatic heterocycles. The average Bonchev–Trinajstić information content (AvgIpc) is 3.44. The van der Waals surface area contributed by atoms with E-state index in [2.05, 4.69) is 20.8 Å². The Bertz CT molecular complexity index is 1580. The number of aliphatic hydroxyl groups is 1. The van der Waals surface area contributed by atoms with Crippen LogP contribution >= 0.6 is 11.3 Å². The second kappa shape index (κ2) is 10.3. The number of aliphatic hydroxyl groups excluding tert-OH is 1. The minimum absolute atomic E-state index is 0.0428. The Kier molecular flexibility index (Phi) is 7.03. The first-order chi connectivity index (χ1) is 18.6. The van der Waals surface area contributed by atoms with Gasteiger partial charge in [0.2, 0.25) is 0 Å². The van der Waals surface area contributed by atoms with Crippen LogP contribution in [0.15, 0.2) is 72.3 Å². The molecule has 3 aromatic carbocycles. The normalized spacial score (nSPS) is 17.3. The molecule has 1 N–H and O–H groups in total. The molecule has 0 bridgehead atoms. The molecule has 1 atom stereocenters. The van der Waals surface area contributed by atoms with E-state index in [1.54, 1.807) is 24.3 Å². The Morgan fingerprint density at radius 3 is 2.36 bits per heavy atom. The van der Waals surface area contributed by atoms with Crippen molar-refractivity contribution in [2.75, 3.05) is 11.5 Å². The van der Waals surface area contributed by atoms with E-state index < -0.39 is 17.7 Å². The van der Waals surface area contributed by atoms with Gasteiger partial charge in [0.25, 0.3) is 5.78 Å². The van der Waals surface area contributed by atoms with Crippen LogP contribution in [0, 0.1) is 6.92 Å². The first-order valence-electron chi connectivity index (χ1n) is 13.1. The molecule has 7 heteroatoms. The van der Waals surface area contributed by atoms with Gasteiger partial charge >= 0.3 is 5.91 Å². The standard InChI is InChI=1S/C32H32N2O4S/c1-6-17-38-23-14-10-21(11-15-23)28(35)26-27(20-8-12-22(13-9-20)32(3,4)5)34(30(37)29(26)36)31-33-24-16-7-19(2)18-25(24)39-31/h7-16,18,27,35H,6,17H2,1-5H3. The number of rotatable bonds is 6. The molecule has 200 valence electrons. The van der Waals surface area contributed by atoms with Crippen molar-refractivity contribution in [3.8, 4) is 5.75 Å². The summed E-state index contributed by atoms with van der Waals surface area (Å²) in [5, 5.41) is 11.9. The highest BCUT2D eigenvalue weighted by Gasteiger charge is 2.48. The SMILES string of the molecule is CCCOc1ccc(C(O)=C2C(=O)C(=O)N(c3nc4ccc(C)cc4s3)C2c2ccc(C(C)(C)C)cc2)cc1. The number of nitrogens with zero attached hydrogens (tertiary/aromatic N) is 2. The molecule has 1 fully saturated rings. The molecule has 0 spiro atoms. The minimum Gasteiger partial charge on any atom is -0.507 e. The second-order valence-electron chi connectivity index (χ2n) is 10.9. The van der Waals surface area contributed by atoms with Gasteiger partial charge < -0.3 is 9.84 Å². The number of aryl methyl sites for hydroxylation is 1. The summed E-state index contributed by atoms with van der Waals surface area (Å²) in [5.41, 5.74) is 4.11. The van der Waals surface area contributed by atoms with Gasteiger partial charge in [-0.15, -0.1) is 0 Å². The molecule has 0 radical (unpaired) electrons. The number of anilines is 1. The molecule has 0 aliphatic carbocycles. The second-order valence-corrected chi connectivity index (χ2v) is 11.9. The van der Waals surface area contributed by atoms with E-state index >= 15 is 0 Å². The van der Waals surface area contributed by atoms with Crippen LogP contribution in [-0.4, -0.2) is 28.4 Å². The Labute approximate surface area is 232 Å². The maximum atomic E-state index is 13.6. The Morgan fingerprint density at radius 2 is 1.72 bits per heavy atom. The Balaban J connectivity index is 1.65. The molecule has 1 aromatic heterocycles. The molecule has 39 heavy (non-hydrogen) atoms. The third-order valence-electron chi connectivity index (χ3n) is 6.88. The number of hydrogen-bond acceptors (Lipinski definition) is 6. The number of hydrogen-bond donors (Lipinski definition) is 1. The number of carbonyl (C=O) groups is 2. The lowest BCUT2D eigenvalue weighted by atomic mass is 9.85. The number of ether oxygens (including phenoxy) is 1. The lowest BCUT2D eigenvalue weighted by Gasteiger charge is -2.24. The largest absolute Gasteiger partial charge is 0.507 e. The van der Waals surface area contributed by atoms with Crippen molar-refractivity contribution < 1.29 is 19.4 Å². The van der Waals surface area contributed by atoms with Crippen LogP contribution in [0.4, 0.5) is 5.13 Å². The third kappa shape index (κ3) is 5.06. The van der Waals surface area contributed by atoms with Crippen LogP contribution in [-0.2, 0) is 15.0 Å². The maximum absolute atomic E-state index is 13.6. The number of Topliss-reactive ketones (excluding diaryl/α,β-unsaturated/α-hetero) is 1. The zero-order valence-corrected chi connectivity index (χ0v) is 23.6. The van der Waals surface area contributed by atoms with Crippen molar-refractivity contribution in [3.63, 3.8) is 0 Å². The minimum atomic E-state index is -0.823. The van der Waals surface area contributed by atoms with Gasteiger partial charge in [0.15, 0.2) is 5.13 Å². The quantitative estimate of drug-likeness (QED) is 0.157. The summed E-state index contributed by atoms with van der Waals surface area (Å²) in [6.45, 7) is 11.0. The summed E-state index contributed by atoms with van der Waals surface area (Å²) < 4.78 is 6.59. The van der Waals surface area contributed by atoms with Gasteiger partial charge in [0.05, 0.1) is 28.4 Å². The number of benzene rings is 3. The van der Waals surface area contributed by atoms with Crippen LogP contribution in [0.5, 0.6) is 5.75 Å². The lowest BCUT2D eigenvalue weighted by molar-refractivity contribution is -0.132. The predicted octanol–water partition coefficient (Wildman–Crippen LogP) is 7.32. The van der Waals surface area contributed by atoms with Gasteiger partial charge in [-0.3, -0.25) is 14.5 Å². The van der Waals surface area contributed by atoms with E-state index in [1.807, 2.05) is 56.3 Å². The van der Waals surface area contributed by atoms with Crippen molar-refractivity contribution in [2.45, 2.75) is 52.5 Å². The van der Waals surface area contributed by atoms with Gasteiger partial charge in [-0.05, 0) is 71.8 Å². The third-order valence-corrected chi connectivity index (χ3v) is 7.89. The van der Waals surface area contributed by atoms with E-state index in [1.165, 1.54) is 16.2 Å². The van der Waals surface area contributed by atoms with Gasteiger partial charge in [-0.1, -0.05) is 69.4 Å². The molecule has 1 amide bonds. The fourth-order valence-corrected chi connectivity index (χ4v) is 5.81. The fraction of sp³-hybridized carbons (Fsp3) is 0.281. The Morgan fingerprint density at radius 1 is 1.03 bits per heavy atom. The first kappa shape index (κ1) is 26.6. The lowest BCUT2D eigenvalue weighted by Crippen LogP contribution is -2.29. The van der Waals surface area contributed by atoms with Gasteiger partial charge in [0.1, 0.15) is 11.5 Å². The van der Waals surface area contributed by atoms with Crippen LogP contribution in [0.1, 0.15) is 62.4 Å². The molecule has 1 unspecified atom stereocenters. The first-order valence-corrected chi connectivity index (χ1v) is 13.9. The predicted molar refractivity (Wildman–Crippen MR) is 157 cm³/mol. The van der Waals surface area contributed by atoms with Gasteiger partial charge in [0, 0.05) is 5.56 Å². The molecule has 1 saturated heterocycles. The fourth-order valence-electron chi connectivity index (χ4n) is 4.72. The monoisotopic (exact) mass is 540 g/mol. The highest BCUT2D eigenvalue weighted by atomic mass is 32.1. The summed E-state index contributed by atoms with van der Waals surface area (Å²) in [7, 11) is 0. The number of carbonyl (C=O) groups excluding carboxylic acids is 2. The average molecular weight is 541 g/mol. The molecular weight excluding hydrogens is 508 g/mol. The molecular formula is C32H32N2O4S. The summed E-state index contributed by atoms with van der Waals surface area (Å²) in [5.74, 6) is -0.994. The van der Waals surface area contributed by atoms with Gasteiger partial charge in [-0.2, -0.15) is 0 Å². The van der Waals surface area contributed by atoms with E-state index in [0.717, 1.165) is 33.3 Å². The summed E-state index contributed by atoms with van der Waals surface area (Å²) in [6, 6.07) is 19.9. The van der Waals surface area contributed by atoms with Crippen molar-refractivity contribution in [1.29, 1.82) is 0 Å². The summed E-state index contributed by atoms with van der Waals surface area (Å²) in [4.78, 5) is 33.2. The zero-order chi connectivity index (χ0) is 27.9. The maximum Gasteiger partial charge on any atom is 0.301 e. The van der Waals surface area contributed by atoms with Crippen LogP contribution in [0.25, 0.3) is 16.0 Å². The van der Waals surface area contributed by atoms with Crippen LogP contribution in [0.2, 0.25) is 0 Å². The Hall–Kier alpha value is -3.97. The molecule has 2 heterocycles. The number of aromatic nitrogens is 1. The van der Waals surface area contributed by atoms with Gasteiger partial charge in [-0.25, -0.2) is 4.98 Å². The van der Waals surface area contributed by atoms with Crippen molar-refractivity contribution in [1.82, 2.24) is 4.98 Å². The molecule has 1 aliphatic rings. The smallest absolute Gasteiger partial charge is 0.301 e. The zero-order valence-electron chi connectivity index (χ0n) is 22.8. The number of fused-ring (bicyclic) bond motifs is 1. The molecule has 5 rings (SSSR count). The highest BCUT2D eigenvalue weighted by molar-refractivity contribution is 7.22. The van der Waals surface area contributed by atoms with Crippen molar-refractivity contribution in [3.05, 3.63) is 94.6 Å². The molecule has 0 saturated carbocycles. The number of ketones is 1. The van der Waals surface area contributed by atoms with E-state index in [0.29, 0.717) is 23.1 Å². The van der Waals surface area contributed by atoms with E-state index in [-0.39, 0.29) is 16.7 Å². The van der Waals surface area contributed by atoms with Crippen LogP contribution in [0.3, 0.4) is 0 Å². The molecule has 4 aromatic rings. The highest BCUT2D eigenvalue weighted by Crippen LogP contribution is 2.44. The van der Waals surface area contributed by atoms with Crippen molar-refractivity contribution in [2.24, 2.45) is 0 Å². The summed E-state index contributed by atoms with van der Waals surface area (Å²) >= 11 is 1.36. The number of amides is 1. The van der Waals surface area contributed by atoms with Crippen LogP contribution < -0.4 is 9.64 Å². The van der Waals surface area contributed by atoms with Crippen molar-refractivity contribution >= 4 is 44.1 Å². The van der Waals surface area contributed by atoms with E-state index in [9.17, 15) is 14.7 Å². The number of thiazole rings is 1. The molecule has 6 nitrogen and oxygen atoms in total.